The number of alkyl halides is 3. The van der Waals surface area contributed by atoms with Gasteiger partial charge in [0, 0.05) is 30.4 Å². The number of pyridine rings is 2. The lowest BCUT2D eigenvalue weighted by molar-refractivity contribution is -0.141. The molecule has 0 atom stereocenters. The van der Waals surface area contributed by atoms with Gasteiger partial charge in [-0.2, -0.15) is 13.2 Å². The number of halogens is 3. The van der Waals surface area contributed by atoms with Gasteiger partial charge in [0.25, 0.3) is 0 Å². The number of rotatable bonds is 5. The molecule has 3 aromatic rings. The lowest BCUT2D eigenvalue weighted by Crippen LogP contribution is -2.13. The summed E-state index contributed by atoms with van der Waals surface area (Å²) in [5.74, 6) is 0.342. The molecule has 5 nitrogen and oxygen atoms in total. The van der Waals surface area contributed by atoms with Gasteiger partial charge >= 0.3 is 6.18 Å². The topological polar surface area (TPSA) is 59.3 Å². The Bertz CT molecular complexity index is 1020. The molecule has 1 amide bonds. The van der Waals surface area contributed by atoms with Gasteiger partial charge in [0.1, 0.15) is 11.3 Å². The van der Waals surface area contributed by atoms with Crippen molar-refractivity contribution in [2.45, 2.75) is 44.7 Å². The standard InChI is InChI=1S/C20H19F3N4O/c1-12-19(14-4-5-14)26-17-8-6-15(11-27(12)17)25-18(28)9-3-13-2-7-16(24-10-13)20(21,22)23/h2,6-8,10-11,14H,3-5,9H2,1H3,(H,25,28). The van der Waals surface area contributed by atoms with E-state index < -0.39 is 11.9 Å². The van der Waals surface area contributed by atoms with E-state index in [1.54, 1.807) is 6.07 Å². The van der Waals surface area contributed by atoms with Crippen LogP contribution in [0.5, 0.6) is 0 Å². The predicted octanol–water partition coefficient (Wildman–Crippen LogP) is 4.51. The number of amides is 1. The highest BCUT2D eigenvalue weighted by Gasteiger charge is 2.32. The van der Waals surface area contributed by atoms with Crippen LogP contribution in [0.1, 0.15) is 47.8 Å². The number of aryl methyl sites for hydroxylation is 2. The number of nitrogens with one attached hydrogen (secondary N) is 1. The van der Waals surface area contributed by atoms with Crippen LogP contribution in [-0.2, 0) is 17.4 Å². The summed E-state index contributed by atoms with van der Waals surface area (Å²) in [6.45, 7) is 2.02. The summed E-state index contributed by atoms with van der Waals surface area (Å²) in [6, 6.07) is 5.95. The van der Waals surface area contributed by atoms with Crippen molar-refractivity contribution in [3.63, 3.8) is 0 Å². The molecule has 1 aliphatic carbocycles. The van der Waals surface area contributed by atoms with E-state index >= 15 is 0 Å². The molecule has 1 aliphatic rings. The lowest BCUT2D eigenvalue weighted by Gasteiger charge is -2.08. The summed E-state index contributed by atoms with van der Waals surface area (Å²) in [5, 5.41) is 2.83. The molecule has 0 unspecified atom stereocenters. The number of hydrogen-bond donors (Lipinski definition) is 1. The predicted molar refractivity (Wildman–Crippen MR) is 98.1 cm³/mol. The van der Waals surface area contributed by atoms with Crippen molar-refractivity contribution >= 4 is 17.2 Å². The third-order valence-electron chi connectivity index (χ3n) is 4.90. The highest BCUT2D eigenvalue weighted by molar-refractivity contribution is 5.90. The van der Waals surface area contributed by atoms with Crippen molar-refractivity contribution in [1.82, 2.24) is 14.4 Å². The van der Waals surface area contributed by atoms with E-state index in [2.05, 4.69) is 15.3 Å². The van der Waals surface area contributed by atoms with Crippen molar-refractivity contribution in [3.05, 3.63) is 59.3 Å². The van der Waals surface area contributed by atoms with E-state index in [4.69, 9.17) is 0 Å². The molecule has 8 heteroatoms. The van der Waals surface area contributed by atoms with Gasteiger partial charge in [-0.05, 0) is 49.9 Å². The fourth-order valence-corrected chi connectivity index (χ4v) is 3.22. The number of carbonyl (C=O) groups is 1. The first-order valence-corrected chi connectivity index (χ1v) is 9.12. The maximum atomic E-state index is 12.5. The van der Waals surface area contributed by atoms with E-state index in [1.165, 1.54) is 18.9 Å². The molecule has 1 N–H and O–H groups in total. The highest BCUT2D eigenvalue weighted by atomic mass is 19.4. The lowest BCUT2D eigenvalue weighted by atomic mass is 10.1. The molecule has 3 heterocycles. The smallest absolute Gasteiger partial charge is 0.325 e. The Morgan fingerprint density at radius 2 is 2.04 bits per heavy atom. The number of carbonyl (C=O) groups excluding carboxylic acids is 1. The molecule has 0 radical (unpaired) electrons. The Balaban J connectivity index is 1.39. The summed E-state index contributed by atoms with van der Waals surface area (Å²) >= 11 is 0. The Labute approximate surface area is 159 Å². The fourth-order valence-electron chi connectivity index (χ4n) is 3.22. The molecule has 0 aliphatic heterocycles. The Hall–Kier alpha value is -2.90. The quantitative estimate of drug-likeness (QED) is 0.700. The first-order valence-electron chi connectivity index (χ1n) is 9.12. The number of hydrogen-bond acceptors (Lipinski definition) is 3. The summed E-state index contributed by atoms with van der Waals surface area (Å²) in [7, 11) is 0. The van der Waals surface area contributed by atoms with Crippen LogP contribution in [0.4, 0.5) is 18.9 Å². The van der Waals surface area contributed by atoms with E-state index in [0.29, 0.717) is 23.6 Å². The normalized spacial score (nSPS) is 14.4. The van der Waals surface area contributed by atoms with Gasteiger partial charge in [-0.1, -0.05) is 6.07 Å². The molecule has 1 fully saturated rings. The van der Waals surface area contributed by atoms with Crippen LogP contribution in [0.2, 0.25) is 0 Å². The minimum Gasteiger partial charge on any atom is -0.325 e. The molecule has 3 aromatic heterocycles. The average molecular weight is 388 g/mol. The van der Waals surface area contributed by atoms with Crippen molar-refractivity contribution in [2.75, 3.05) is 5.32 Å². The number of aromatic nitrogens is 3. The van der Waals surface area contributed by atoms with Crippen LogP contribution in [0.25, 0.3) is 5.65 Å². The van der Waals surface area contributed by atoms with E-state index in [0.717, 1.165) is 29.3 Å². The number of nitrogens with zero attached hydrogens (tertiary/aromatic N) is 3. The Kier molecular flexibility index (Phi) is 4.56. The van der Waals surface area contributed by atoms with Crippen molar-refractivity contribution < 1.29 is 18.0 Å². The van der Waals surface area contributed by atoms with Gasteiger partial charge in [-0.3, -0.25) is 9.78 Å². The van der Waals surface area contributed by atoms with Crippen LogP contribution in [0.15, 0.2) is 36.7 Å². The summed E-state index contributed by atoms with van der Waals surface area (Å²) in [5.41, 5.74) is 3.37. The Morgan fingerprint density at radius 1 is 1.25 bits per heavy atom. The SMILES string of the molecule is Cc1c(C2CC2)nc2ccc(NC(=O)CCc3ccc(C(F)(F)F)nc3)cn12. The maximum absolute atomic E-state index is 12.5. The van der Waals surface area contributed by atoms with E-state index in [1.807, 2.05) is 23.6 Å². The average Bonchev–Trinajstić information content (AvgIpc) is 3.44. The van der Waals surface area contributed by atoms with Gasteiger partial charge in [-0.25, -0.2) is 4.98 Å². The third kappa shape index (κ3) is 3.85. The molecule has 0 spiro atoms. The van der Waals surface area contributed by atoms with Crippen molar-refractivity contribution in [3.8, 4) is 0 Å². The molecule has 0 bridgehead atoms. The molecule has 1 saturated carbocycles. The minimum atomic E-state index is -4.46. The van der Waals surface area contributed by atoms with E-state index in [-0.39, 0.29) is 12.3 Å². The summed E-state index contributed by atoms with van der Waals surface area (Å²) in [4.78, 5) is 20.3. The van der Waals surface area contributed by atoms with Crippen LogP contribution in [0, 0.1) is 6.92 Å². The van der Waals surface area contributed by atoms with Crippen LogP contribution >= 0.6 is 0 Å². The maximum Gasteiger partial charge on any atom is 0.433 e. The van der Waals surface area contributed by atoms with Gasteiger partial charge in [0.05, 0.1) is 11.4 Å². The number of imidazole rings is 1. The van der Waals surface area contributed by atoms with Crippen LogP contribution in [-0.4, -0.2) is 20.3 Å². The fraction of sp³-hybridized carbons (Fsp3) is 0.350. The molecular formula is C20H19F3N4O. The van der Waals surface area contributed by atoms with Gasteiger partial charge < -0.3 is 9.72 Å². The minimum absolute atomic E-state index is 0.154. The molecule has 0 saturated heterocycles. The van der Waals surface area contributed by atoms with Crippen molar-refractivity contribution in [1.29, 1.82) is 0 Å². The second-order valence-electron chi connectivity index (χ2n) is 7.10. The zero-order chi connectivity index (χ0) is 19.9. The molecule has 28 heavy (non-hydrogen) atoms. The zero-order valence-electron chi connectivity index (χ0n) is 15.3. The number of fused-ring (bicyclic) bond motifs is 1. The van der Waals surface area contributed by atoms with Gasteiger partial charge in [0.2, 0.25) is 5.91 Å². The highest BCUT2D eigenvalue weighted by Crippen LogP contribution is 2.41. The zero-order valence-corrected chi connectivity index (χ0v) is 15.3. The Morgan fingerprint density at radius 3 is 2.68 bits per heavy atom. The molecule has 146 valence electrons. The second-order valence-corrected chi connectivity index (χ2v) is 7.10. The first kappa shape index (κ1) is 18.5. The van der Waals surface area contributed by atoms with Crippen LogP contribution in [0.3, 0.4) is 0 Å². The van der Waals surface area contributed by atoms with E-state index in [9.17, 15) is 18.0 Å². The third-order valence-corrected chi connectivity index (χ3v) is 4.90. The van der Waals surface area contributed by atoms with Crippen LogP contribution < -0.4 is 5.32 Å². The van der Waals surface area contributed by atoms with Gasteiger partial charge in [0.15, 0.2) is 0 Å². The first-order chi connectivity index (χ1) is 13.3. The molecular weight excluding hydrogens is 369 g/mol. The number of anilines is 1. The second kappa shape index (κ2) is 6.92. The summed E-state index contributed by atoms with van der Waals surface area (Å²) < 4.78 is 39.6. The summed E-state index contributed by atoms with van der Waals surface area (Å²) in [6.07, 6.45) is 1.37. The largest absolute Gasteiger partial charge is 0.433 e. The molecule has 0 aromatic carbocycles. The molecule has 4 rings (SSSR count). The monoisotopic (exact) mass is 388 g/mol. The van der Waals surface area contributed by atoms with Crippen molar-refractivity contribution in [2.24, 2.45) is 0 Å². The van der Waals surface area contributed by atoms with Gasteiger partial charge in [-0.15, -0.1) is 0 Å².